The average Bonchev–Trinajstić information content (AvgIpc) is 2.33. The fourth-order valence-corrected chi connectivity index (χ4v) is 1.71. The summed E-state index contributed by atoms with van der Waals surface area (Å²) >= 11 is 0. The van der Waals surface area contributed by atoms with Gasteiger partial charge in [0.05, 0.1) is 12.0 Å². The Morgan fingerprint density at radius 2 is 2.05 bits per heavy atom. The van der Waals surface area contributed by atoms with E-state index in [2.05, 4.69) is 41.7 Å². The van der Waals surface area contributed by atoms with Crippen molar-refractivity contribution in [1.29, 1.82) is 5.26 Å². The number of rotatable bonds is 4. The minimum Gasteiger partial charge on any atom is -0.384 e. The highest BCUT2D eigenvalue weighted by Crippen LogP contribution is 2.23. The van der Waals surface area contributed by atoms with Crippen LogP contribution in [0.3, 0.4) is 0 Å². The molecule has 0 aromatic carbocycles. The molecule has 0 aliphatic rings. The SMILES string of the molecule is CCN(CC(C)C#N)c1cc(N)nc(C(C)(C)C)n1. The molecule has 5 nitrogen and oxygen atoms in total. The van der Waals surface area contributed by atoms with E-state index in [4.69, 9.17) is 11.0 Å². The molecule has 2 N–H and O–H groups in total. The summed E-state index contributed by atoms with van der Waals surface area (Å²) in [6.45, 7) is 11.5. The monoisotopic (exact) mass is 261 g/mol. The molecule has 1 aromatic heterocycles. The van der Waals surface area contributed by atoms with Gasteiger partial charge in [-0.25, -0.2) is 9.97 Å². The van der Waals surface area contributed by atoms with Crippen LogP contribution in [-0.2, 0) is 5.41 Å². The quantitative estimate of drug-likeness (QED) is 0.900. The molecule has 19 heavy (non-hydrogen) atoms. The highest BCUT2D eigenvalue weighted by Gasteiger charge is 2.20. The molecule has 0 aliphatic carbocycles. The lowest BCUT2D eigenvalue weighted by Gasteiger charge is -2.25. The fourth-order valence-electron chi connectivity index (χ4n) is 1.71. The molecule has 0 saturated carbocycles. The van der Waals surface area contributed by atoms with Crippen molar-refractivity contribution in [2.24, 2.45) is 5.92 Å². The van der Waals surface area contributed by atoms with Crippen molar-refractivity contribution in [3.63, 3.8) is 0 Å². The Balaban J connectivity index is 3.11. The number of anilines is 2. The lowest BCUT2D eigenvalue weighted by Crippen LogP contribution is -2.30. The smallest absolute Gasteiger partial charge is 0.138 e. The van der Waals surface area contributed by atoms with Crippen LogP contribution < -0.4 is 10.6 Å². The van der Waals surface area contributed by atoms with Crippen molar-refractivity contribution in [2.75, 3.05) is 23.7 Å². The molecule has 0 spiro atoms. The first-order valence-corrected chi connectivity index (χ1v) is 6.57. The van der Waals surface area contributed by atoms with Crippen molar-refractivity contribution in [2.45, 2.75) is 40.0 Å². The molecule has 0 amide bonds. The summed E-state index contributed by atoms with van der Waals surface area (Å²) in [6.07, 6.45) is 0. The average molecular weight is 261 g/mol. The number of nitriles is 1. The van der Waals surface area contributed by atoms with E-state index in [9.17, 15) is 0 Å². The first kappa shape index (κ1) is 15.2. The van der Waals surface area contributed by atoms with Gasteiger partial charge in [0.25, 0.3) is 0 Å². The summed E-state index contributed by atoms with van der Waals surface area (Å²) in [5, 5.41) is 8.93. The molecule has 1 aromatic rings. The van der Waals surface area contributed by atoms with Crippen molar-refractivity contribution in [3.8, 4) is 6.07 Å². The van der Waals surface area contributed by atoms with Crippen LogP contribution in [0, 0.1) is 17.2 Å². The van der Waals surface area contributed by atoms with E-state index in [1.807, 2.05) is 13.8 Å². The van der Waals surface area contributed by atoms with Crippen LogP contribution >= 0.6 is 0 Å². The van der Waals surface area contributed by atoms with E-state index < -0.39 is 0 Å². The van der Waals surface area contributed by atoms with Crippen molar-refractivity contribution in [1.82, 2.24) is 9.97 Å². The maximum Gasteiger partial charge on any atom is 0.138 e. The van der Waals surface area contributed by atoms with Gasteiger partial charge in [0.15, 0.2) is 0 Å². The maximum atomic E-state index is 8.93. The lowest BCUT2D eigenvalue weighted by atomic mass is 9.96. The van der Waals surface area contributed by atoms with E-state index in [0.29, 0.717) is 12.4 Å². The molecule has 104 valence electrons. The van der Waals surface area contributed by atoms with Gasteiger partial charge in [0.2, 0.25) is 0 Å². The highest BCUT2D eigenvalue weighted by molar-refractivity contribution is 5.47. The van der Waals surface area contributed by atoms with E-state index >= 15 is 0 Å². The summed E-state index contributed by atoms with van der Waals surface area (Å²) < 4.78 is 0. The number of aromatic nitrogens is 2. The zero-order valence-electron chi connectivity index (χ0n) is 12.4. The van der Waals surface area contributed by atoms with E-state index in [1.165, 1.54) is 0 Å². The minimum atomic E-state index is -0.148. The Labute approximate surface area is 115 Å². The molecular formula is C14H23N5. The summed E-state index contributed by atoms with van der Waals surface area (Å²) in [7, 11) is 0. The van der Waals surface area contributed by atoms with Crippen molar-refractivity contribution in [3.05, 3.63) is 11.9 Å². The molecule has 0 aliphatic heterocycles. The standard InChI is InChI=1S/C14H23N5/c1-6-19(9-10(2)8-15)12-7-11(16)17-13(18-12)14(3,4)5/h7,10H,6,9H2,1-5H3,(H2,16,17,18). The Morgan fingerprint density at radius 3 is 2.53 bits per heavy atom. The molecule has 0 radical (unpaired) electrons. The topological polar surface area (TPSA) is 78.8 Å². The first-order chi connectivity index (χ1) is 8.77. The molecule has 1 rings (SSSR count). The predicted octanol–water partition coefficient (Wildman–Crippen LogP) is 2.34. The van der Waals surface area contributed by atoms with Crippen LogP contribution in [0.25, 0.3) is 0 Å². The van der Waals surface area contributed by atoms with Gasteiger partial charge < -0.3 is 10.6 Å². The molecule has 1 atom stereocenters. The fraction of sp³-hybridized carbons (Fsp3) is 0.643. The summed E-state index contributed by atoms with van der Waals surface area (Å²) in [5.41, 5.74) is 5.72. The lowest BCUT2D eigenvalue weighted by molar-refractivity contribution is 0.544. The molecule has 0 saturated heterocycles. The Bertz CT molecular complexity index is 470. The number of hydrogen-bond acceptors (Lipinski definition) is 5. The van der Waals surface area contributed by atoms with Crippen LogP contribution in [0.4, 0.5) is 11.6 Å². The third-order valence-corrected chi connectivity index (χ3v) is 2.82. The largest absolute Gasteiger partial charge is 0.384 e. The zero-order chi connectivity index (χ0) is 14.6. The molecule has 0 fully saturated rings. The van der Waals surface area contributed by atoms with E-state index in [1.54, 1.807) is 6.07 Å². The van der Waals surface area contributed by atoms with Crippen LogP contribution in [0.15, 0.2) is 6.07 Å². The summed E-state index contributed by atoms with van der Waals surface area (Å²) in [6, 6.07) is 4.01. The van der Waals surface area contributed by atoms with E-state index in [-0.39, 0.29) is 11.3 Å². The van der Waals surface area contributed by atoms with Crippen LogP contribution in [-0.4, -0.2) is 23.1 Å². The van der Waals surface area contributed by atoms with Crippen molar-refractivity contribution >= 4 is 11.6 Å². The third-order valence-electron chi connectivity index (χ3n) is 2.82. The van der Waals surface area contributed by atoms with Gasteiger partial charge in [0.1, 0.15) is 17.5 Å². The van der Waals surface area contributed by atoms with Gasteiger partial charge in [-0.3, -0.25) is 0 Å². The zero-order valence-corrected chi connectivity index (χ0v) is 12.4. The Morgan fingerprint density at radius 1 is 1.42 bits per heavy atom. The Kier molecular flexibility index (Phi) is 4.71. The molecule has 1 unspecified atom stereocenters. The van der Waals surface area contributed by atoms with Gasteiger partial charge in [-0.15, -0.1) is 0 Å². The second-order valence-electron chi connectivity index (χ2n) is 5.79. The van der Waals surface area contributed by atoms with Gasteiger partial charge in [-0.2, -0.15) is 5.26 Å². The van der Waals surface area contributed by atoms with Crippen LogP contribution in [0.1, 0.15) is 40.4 Å². The van der Waals surface area contributed by atoms with Gasteiger partial charge >= 0.3 is 0 Å². The summed E-state index contributed by atoms with van der Waals surface area (Å²) in [4.78, 5) is 10.9. The molecular weight excluding hydrogens is 238 g/mol. The number of nitrogen functional groups attached to an aromatic ring is 1. The second-order valence-corrected chi connectivity index (χ2v) is 5.79. The highest BCUT2D eigenvalue weighted by atomic mass is 15.2. The number of hydrogen-bond donors (Lipinski definition) is 1. The Hall–Kier alpha value is -1.83. The molecule has 5 heteroatoms. The van der Waals surface area contributed by atoms with E-state index in [0.717, 1.165) is 18.2 Å². The van der Waals surface area contributed by atoms with Crippen LogP contribution in [0.2, 0.25) is 0 Å². The van der Waals surface area contributed by atoms with Gasteiger partial charge in [-0.05, 0) is 13.8 Å². The molecule has 1 heterocycles. The van der Waals surface area contributed by atoms with Gasteiger partial charge in [0, 0.05) is 24.6 Å². The normalized spacial score (nSPS) is 12.8. The van der Waals surface area contributed by atoms with Crippen molar-refractivity contribution < 1.29 is 0 Å². The van der Waals surface area contributed by atoms with Crippen LogP contribution in [0.5, 0.6) is 0 Å². The second kappa shape index (κ2) is 5.87. The molecule has 0 bridgehead atoms. The van der Waals surface area contributed by atoms with Gasteiger partial charge in [-0.1, -0.05) is 20.8 Å². The number of nitrogens with zero attached hydrogens (tertiary/aromatic N) is 4. The maximum absolute atomic E-state index is 8.93. The predicted molar refractivity (Wildman–Crippen MR) is 77.8 cm³/mol. The summed E-state index contributed by atoms with van der Waals surface area (Å²) in [5.74, 6) is 1.94. The third kappa shape index (κ3) is 4.09. The first-order valence-electron chi connectivity index (χ1n) is 6.57. The number of nitrogens with two attached hydrogens (primary N) is 1. The minimum absolute atomic E-state index is 0.0470.